The molecule has 132 valence electrons. The standard InChI is InChI=1S/C22H17N3O2/c23-15-18-7-2-1-6-17(18)11-12-22(26)25-19-9-5-10-21(14-19)27-16-20-8-3-4-13-24-20/h1-14H,16H2,(H,25,26)/b12-11+. The van der Waals surface area contributed by atoms with Gasteiger partial charge in [-0.25, -0.2) is 0 Å². The van der Waals surface area contributed by atoms with Gasteiger partial charge in [-0.05, 0) is 42.0 Å². The summed E-state index contributed by atoms with van der Waals surface area (Å²) in [5, 5.41) is 11.9. The summed E-state index contributed by atoms with van der Waals surface area (Å²) in [6.45, 7) is 0.350. The zero-order chi connectivity index (χ0) is 18.9. The van der Waals surface area contributed by atoms with Crippen molar-refractivity contribution in [1.82, 2.24) is 4.98 Å². The molecule has 0 radical (unpaired) electrons. The van der Waals surface area contributed by atoms with Gasteiger partial charge in [0.05, 0.1) is 17.3 Å². The minimum absolute atomic E-state index is 0.287. The Morgan fingerprint density at radius 3 is 2.78 bits per heavy atom. The van der Waals surface area contributed by atoms with Crippen molar-refractivity contribution in [3.05, 3.63) is 95.8 Å². The molecule has 0 saturated carbocycles. The number of amides is 1. The summed E-state index contributed by atoms with van der Waals surface area (Å²) in [6.07, 6.45) is 4.74. The molecule has 3 rings (SSSR count). The number of nitrogens with zero attached hydrogens (tertiary/aromatic N) is 2. The second-order valence-corrected chi connectivity index (χ2v) is 5.66. The Bertz CT molecular complexity index is 992. The van der Waals surface area contributed by atoms with Crippen molar-refractivity contribution < 1.29 is 9.53 Å². The van der Waals surface area contributed by atoms with E-state index < -0.39 is 0 Å². The SMILES string of the molecule is N#Cc1ccccc1/C=C/C(=O)Nc1cccc(OCc2ccccn2)c1. The number of rotatable bonds is 6. The van der Waals surface area contributed by atoms with Crippen molar-refractivity contribution in [3.63, 3.8) is 0 Å². The van der Waals surface area contributed by atoms with Crippen molar-refractivity contribution in [2.24, 2.45) is 0 Å². The van der Waals surface area contributed by atoms with E-state index in [1.807, 2.05) is 30.3 Å². The van der Waals surface area contributed by atoms with Gasteiger partial charge in [-0.2, -0.15) is 5.26 Å². The third-order valence-corrected chi connectivity index (χ3v) is 3.71. The van der Waals surface area contributed by atoms with Crippen LogP contribution in [0.25, 0.3) is 6.08 Å². The molecule has 1 amide bonds. The van der Waals surface area contributed by atoms with E-state index in [1.165, 1.54) is 6.08 Å². The Hall–Kier alpha value is -3.91. The fourth-order valence-electron chi connectivity index (χ4n) is 2.40. The minimum atomic E-state index is -0.287. The molecule has 3 aromatic rings. The van der Waals surface area contributed by atoms with Gasteiger partial charge in [0, 0.05) is 24.0 Å². The van der Waals surface area contributed by atoms with Gasteiger partial charge in [-0.1, -0.05) is 30.3 Å². The van der Waals surface area contributed by atoms with Gasteiger partial charge in [0.25, 0.3) is 0 Å². The van der Waals surface area contributed by atoms with Gasteiger partial charge in [-0.3, -0.25) is 9.78 Å². The molecule has 0 aliphatic rings. The van der Waals surface area contributed by atoms with Crippen LogP contribution in [0.1, 0.15) is 16.8 Å². The highest BCUT2D eigenvalue weighted by molar-refractivity contribution is 6.02. The van der Waals surface area contributed by atoms with Crippen molar-refractivity contribution in [2.75, 3.05) is 5.32 Å². The van der Waals surface area contributed by atoms with Crippen LogP contribution in [0.15, 0.2) is 79.0 Å². The average Bonchev–Trinajstić information content (AvgIpc) is 2.72. The highest BCUT2D eigenvalue weighted by atomic mass is 16.5. The molecule has 1 N–H and O–H groups in total. The van der Waals surface area contributed by atoms with E-state index in [1.54, 1.807) is 48.7 Å². The predicted molar refractivity (Wildman–Crippen MR) is 104 cm³/mol. The second-order valence-electron chi connectivity index (χ2n) is 5.66. The maximum absolute atomic E-state index is 12.1. The molecule has 5 nitrogen and oxygen atoms in total. The first-order valence-electron chi connectivity index (χ1n) is 8.35. The van der Waals surface area contributed by atoms with Crippen LogP contribution >= 0.6 is 0 Å². The van der Waals surface area contributed by atoms with Crippen LogP contribution in [0.4, 0.5) is 5.69 Å². The van der Waals surface area contributed by atoms with Gasteiger partial charge in [0.15, 0.2) is 0 Å². The van der Waals surface area contributed by atoms with Gasteiger partial charge in [-0.15, -0.1) is 0 Å². The van der Waals surface area contributed by atoms with Crippen molar-refractivity contribution in [3.8, 4) is 11.8 Å². The minimum Gasteiger partial charge on any atom is -0.487 e. The number of nitriles is 1. The Balaban J connectivity index is 1.61. The number of benzene rings is 2. The number of carbonyl (C=O) groups is 1. The first kappa shape index (κ1) is 17.9. The molecule has 0 bridgehead atoms. The first-order chi connectivity index (χ1) is 13.2. The molecule has 0 aliphatic carbocycles. The van der Waals surface area contributed by atoms with Crippen LogP contribution in [-0.2, 0) is 11.4 Å². The molecule has 0 unspecified atom stereocenters. The van der Waals surface area contributed by atoms with E-state index in [0.717, 1.165) is 5.69 Å². The summed E-state index contributed by atoms with van der Waals surface area (Å²) >= 11 is 0. The molecule has 0 saturated heterocycles. The molecule has 27 heavy (non-hydrogen) atoms. The summed E-state index contributed by atoms with van der Waals surface area (Å²) < 4.78 is 5.71. The lowest BCUT2D eigenvalue weighted by Gasteiger charge is -2.08. The van der Waals surface area contributed by atoms with Crippen LogP contribution in [-0.4, -0.2) is 10.9 Å². The van der Waals surface area contributed by atoms with E-state index in [4.69, 9.17) is 10.00 Å². The van der Waals surface area contributed by atoms with E-state index >= 15 is 0 Å². The number of nitrogens with one attached hydrogen (secondary N) is 1. The summed E-state index contributed by atoms with van der Waals surface area (Å²) in [5.74, 6) is 0.349. The Morgan fingerprint density at radius 2 is 1.96 bits per heavy atom. The van der Waals surface area contributed by atoms with E-state index in [-0.39, 0.29) is 5.91 Å². The summed E-state index contributed by atoms with van der Waals surface area (Å²) in [4.78, 5) is 16.3. The number of aromatic nitrogens is 1. The summed E-state index contributed by atoms with van der Waals surface area (Å²) in [7, 11) is 0. The Kier molecular flexibility index (Phi) is 5.95. The number of hydrogen-bond donors (Lipinski definition) is 1. The zero-order valence-corrected chi connectivity index (χ0v) is 14.5. The van der Waals surface area contributed by atoms with Gasteiger partial charge in [0.1, 0.15) is 12.4 Å². The highest BCUT2D eigenvalue weighted by Crippen LogP contribution is 2.18. The highest BCUT2D eigenvalue weighted by Gasteiger charge is 2.02. The van der Waals surface area contributed by atoms with E-state index in [2.05, 4.69) is 16.4 Å². The number of carbonyl (C=O) groups excluding carboxylic acids is 1. The molecule has 2 aromatic carbocycles. The van der Waals surface area contributed by atoms with Crippen molar-refractivity contribution >= 4 is 17.7 Å². The topological polar surface area (TPSA) is 75.0 Å². The fourth-order valence-corrected chi connectivity index (χ4v) is 2.40. The number of ether oxygens (including phenoxy) is 1. The van der Waals surface area contributed by atoms with Gasteiger partial charge < -0.3 is 10.1 Å². The van der Waals surface area contributed by atoms with Crippen LogP contribution < -0.4 is 10.1 Å². The quantitative estimate of drug-likeness (QED) is 0.673. The molecule has 0 spiro atoms. The van der Waals surface area contributed by atoms with Gasteiger partial charge in [0.2, 0.25) is 5.91 Å². The zero-order valence-electron chi connectivity index (χ0n) is 14.5. The first-order valence-corrected chi connectivity index (χ1v) is 8.35. The molecule has 0 atom stereocenters. The maximum atomic E-state index is 12.1. The van der Waals surface area contributed by atoms with Crippen molar-refractivity contribution in [1.29, 1.82) is 5.26 Å². The lowest BCUT2D eigenvalue weighted by atomic mass is 10.1. The third-order valence-electron chi connectivity index (χ3n) is 3.71. The molecular weight excluding hydrogens is 338 g/mol. The molecule has 0 aliphatic heterocycles. The van der Waals surface area contributed by atoms with Crippen molar-refractivity contribution in [2.45, 2.75) is 6.61 Å². The number of pyridine rings is 1. The fraction of sp³-hybridized carbons (Fsp3) is 0.0455. The van der Waals surface area contributed by atoms with Crippen LogP contribution in [0.3, 0.4) is 0 Å². The Labute approximate surface area is 157 Å². The summed E-state index contributed by atoms with van der Waals surface area (Å²) in [5.41, 5.74) is 2.66. The monoisotopic (exact) mass is 355 g/mol. The third kappa shape index (κ3) is 5.28. The van der Waals surface area contributed by atoms with Gasteiger partial charge >= 0.3 is 0 Å². The normalized spacial score (nSPS) is 10.3. The average molecular weight is 355 g/mol. The number of anilines is 1. The largest absolute Gasteiger partial charge is 0.487 e. The molecular formula is C22H17N3O2. The Morgan fingerprint density at radius 1 is 1.11 bits per heavy atom. The molecule has 0 fully saturated rings. The predicted octanol–water partition coefficient (Wildman–Crippen LogP) is 4.18. The van der Waals surface area contributed by atoms with E-state index in [9.17, 15) is 4.79 Å². The molecule has 1 heterocycles. The summed E-state index contributed by atoms with van der Waals surface area (Å²) in [6, 6.07) is 22.0. The maximum Gasteiger partial charge on any atom is 0.248 e. The lowest BCUT2D eigenvalue weighted by molar-refractivity contribution is -0.111. The van der Waals surface area contributed by atoms with E-state index in [0.29, 0.717) is 29.2 Å². The second kappa shape index (κ2) is 8.97. The van der Waals surface area contributed by atoms with Crippen LogP contribution in [0, 0.1) is 11.3 Å². The molecule has 5 heteroatoms. The molecule has 1 aromatic heterocycles. The number of hydrogen-bond acceptors (Lipinski definition) is 4. The lowest BCUT2D eigenvalue weighted by Crippen LogP contribution is -2.08. The smallest absolute Gasteiger partial charge is 0.248 e. The van der Waals surface area contributed by atoms with Crippen LogP contribution in [0.2, 0.25) is 0 Å². The van der Waals surface area contributed by atoms with Crippen LogP contribution in [0.5, 0.6) is 5.75 Å².